The SMILES string of the molecule is CC[C@H](C)NC(=O)Cn1nc(C)n2c(cc3occc32)c1=O. The number of amides is 1. The fourth-order valence-corrected chi connectivity index (χ4v) is 2.49. The predicted molar refractivity (Wildman–Crippen MR) is 81.9 cm³/mol. The van der Waals surface area contributed by atoms with Gasteiger partial charge >= 0.3 is 0 Å². The van der Waals surface area contributed by atoms with E-state index >= 15 is 0 Å². The van der Waals surface area contributed by atoms with E-state index in [1.54, 1.807) is 29.7 Å². The lowest BCUT2D eigenvalue weighted by Gasteiger charge is -2.12. The number of nitrogens with zero attached hydrogens (tertiary/aromatic N) is 3. The Bertz CT molecular complexity index is 903. The quantitative estimate of drug-likeness (QED) is 0.791. The number of fused-ring (bicyclic) bond motifs is 3. The molecule has 0 bridgehead atoms. The average molecular weight is 302 g/mol. The molecule has 7 nitrogen and oxygen atoms in total. The van der Waals surface area contributed by atoms with Gasteiger partial charge in [0.05, 0.1) is 11.8 Å². The van der Waals surface area contributed by atoms with Gasteiger partial charge in [-0.15, -0.1) is 0 Å². The summed E-state index contributed by atoms with van der Waals surface area (Å²) < 4.78 is 8.26. The van der Waals surface area contributed by atoms with Crippen molar-refractivity contribution in [2.24, 2.45) is 0 Å². The highest BCUT2D eigenvalue weighted by molar-refractivity contribution is 5.82. The lowest BCUT2D eigenvalue weighted by molar-refractivity contribution is -0.122. The van der Waals surface area contributed by atoms with Crippen molar-refractivity contribution in [1.29, 1.82) is 0 Å². The summed E-state index contributed by atoms with van der Waals surface area (Å²) >= 11 is 0. The standard InChI is InChI=1S/C15H18N4O3/c1-4-9(2)16-14(20)8-18-15(21)12-7-13-11(5-6-22-13)19(12)10(3)17-18/h5-7,9H,4,8H2,1-3H3,(H,16,20)/t9-/m0/s1. The second-order valence-electron chi connectivity index (χ2n) is 5.42. The van der Waals surface area contributed by atoms with Gasteiger partial charge in [0.15, 0.2) is 5.58 Å². The molecule has 1 N–H and O–H groups in total. The first-order valence-corrected chi connectivity index (χ1v) is 7.27. The van der Waals surface area contributed by atoms with E-state index in [-0.39, 0.29) is 24.1 Å². The first-order valence-electron chi connectivity index (χ1n) is 7.27. The third-order valence-corrected chi connectivity index (χ3v) is 3.78. The van der Waals surface area contributed by atoms with Crippen LogP contribution in [-0.2, 0) is 11.3 Å². The molecule has 0 saturated carbocycles. The molecule has 0 saturated heterocycles. The molecule has 3 aromatic rings. The second kappa shape index (κ2) is 5.32. The number of furan rings is 1. The molecular formula is C15H18N4O3. The molecule has 116 valence electrons. The molecule has 1 amide bonds. The van der Waals surface area contributed by atoms with Crippen LogP contribution in [0.3, 0.4) is 0 Å². The summed E-state index contributed by atoms with van der Waals surface area (Å²) in [7, 11) is 0. The van der Waals surface area contributed by atoms with Crippen LogP contribution in [-0.4, -0.2) is 26.1 Å². The number of hydrogen-bond donors (Lipinski definition) is 1. The number of carbonyl (C=O) groups is 1. The van der Waals surface area contributed by atoms with E-state index in [9.17, 15) is 9.59 Å². The van der Waals surface area contributed by atoms with Crippen molar-refractivity contribution in [3.8, 4) is 0 Å². The van der Waals surface area contributed by atoms with Crippen LogP contribution < -0.4 is 10.9 Å². The molecule has 7 heteroatoms. The minimum absolute atomic E-state index is 0.0728. The van der Waals surface area contributed by atoms with E-state index in [1.807, 2.05) is 13.8 Å². The predicted octanol–water partition coefficient (Wildman–Crippen LogP) is 1.47. The zero-order valence-corrected chi connectivity index (χ0v) is 12.8. The Morgan fingerprint density at radius 2 is 2.23 bits per heavy atom. The summed E-state index contributed by atoms with van der Waals surface area (Å²) in [6, 6.07) is 3.54. The van der Waals surface area contributed by atoms with Gasteiger partial charge in [-0.05, 0) is 20.3 Å². The topological polar surface area (TPSA) is 81.5 Å². The van der Waals surface area contributed by atoms with E-state index in [0.29, 0.717) is 16.9 Å². The number of nitrogens with one attached hydrogen (secondary N) is 1. The summed E-state index contributed by atoms with van der Waals surface area (Å²) in [6.45, 7) is 5.61. The van der Waals surface area contributed by atoms with E-state index < -0.39 is 0 Å². The molecule has 0 unspecified atom stereocenters. The highest BCUT2D eigenvalue weighted by Gasteiger charge is 2.15. The maximum Gasteiger partial charge on any atom is 0.291 e. The van der Waals surface area contributed by atoms with E-state index in [1.165, 1.54) is 4.68 Å². The Morgan fingerprint density at radius 1 is 1.45 bits per heavy atom. The Labute approximate surface area is 126 Å². The molecule has 0 aliphatic carbocycles. The fourth-order valence-electron chi connectivity index (χ4n) is 2.49. The normalized spacial score (nSPS) is 12.9. The van der Waals surface area contributed by atoms with Crippen molar-refractivity contribution in [3.05, 3.63) is 34.6 Å². The molecule has 3 aromatic heterocycles. The van der Waals surface area contributed by atoms with Crippen molar-refractivity contribution in [2.45, 2.75) is 39.8 Å². The number of hydrogen-bond acceptors (Lipinski definition) is 4. The fraction of sp³-hybridized carbons (Fsp3) is 0.400. The molecule has 0 aromatic carbocycles. The first kappa shape index (κ1) is 14.4. The number of aryl methyl sites for hydroxylation is 1. The molecule has 0 aliphatic heterocycles. The Kier molecular flexibility index (Phi) is 3.48. The Balaban J connectivity index is 2.02. The molecule has 3 heterocycles. The van der Waals surface area contributed by atoms with Gasteiger partial charge in [-0.2, -0.15) is 5.10 Å². The molecule has 0 radical (unpaired) electrons. The van der Waals surface area contributed by atoms with Crippen LogP contribution in [0.5, 0.6) is 0 Å². The van der Waals surface area contributed by atoms with Crippen LogP contribution in [0.15, 0.2) is 27.6 Å². The first-order chi connectivity index (χ1) is 10.5. The van der Waals surface area contributed by atoms with Crippen LogP contribution in [0.1, 0.15) is 26.1 Å². The molecule has 3 rings (SSSR count). The van der Waals surface area contributed by atoms with Gasteiger partial charge in [-0.3, -0.25) is 14.0 Å². The maximum absolute atomic E-state index is 12.5. The third-order valence-electron chi connectivity index (χ3n) is 3.78. The molecular weight excluding hydrogens is 284 g/mol. The van der Waals surface area contributed by atoms with Crippen molar-refractivity contribution in [1.82, 2.24) is 19.5 Å². The minimum Gasteiger partial charge on any atom is -0.463 e. The second-order valence-corrected chi connectivity index (χ2v) is 5.42. The van der Waals surface area contributed by atoms with Crippen molar-refractivity contribution in [3.63, 3.8) is 0 Å². The van der Waals surface area contributed by atoms with Crippen molar-refractivity contribution in [2.75, 3.05) is 0 Å². The summed E-state index contributed by atoms with van der Waals surface area (Å²) in [5, 5.41) is 7.07. The molecule has 22 heavy (non-hydrogen) atoms. The van der Waals surface area contributed by atoms with Gasteiger partial charge in [0.2, 0.25) is 5.91 Å². The van der Waals surface area contributed by atoms with E-state index in [2.05, 4.69) is 10.4 Å². The molecule has 1 atom stereocenters. The monoisotopic (exact) mass is 302 g/mol. The van der Waals surface area contributed by atoms with Gasteiger partial charge in [-0.25, -0.2) is 4.68 Å². The Morgan fingerprint density at radius 3 is 2.95 bits per heavy atom. The van der Waals surface area contributed by atoms with Crippen LogP contribution in [0.2, 0.25) is 0 Å². The molecule has 0 spiro atoms. The number of aromatic nitrogens is 3. The van der Waals surface area contributed by atoms with Gasteiger partial charge in [0.25, 0.3) is 5.56 Å². The van der Waals surface area contributed by atoms with Crippen LogP contribution in [0.25, 0.3) is 16.6 Å². The highest BCUT2D eigenvalue weighted by Crippen LogP contribution is 2.19. The highest BCUT2D eigenvalue weighted by atomic mass is 16.3. The summed E-state index contributed by atoms with van der Waals surface area (Å²) in [4.78, 5) is 24.5. The largest absolute Gasteiger partial charge is 0.463 e. The smallest absolute Gasteiger partial charge is 0.291 e. The van der Waals surface area contributed by atoms with Crippen LogP contribution >= 0.6 is 0 Å². The number of carbonyl (C=O) groups excluding carboxylic acids is 1. The van der Waals surface area contributed by atoms with Gasteiger partial charge < -0.3 is 9.73 Å². The van der Waals surface area contributed by atoms with Crippen molar-refractivity contribution < 1.29 is 9.21 Å². The maximum atomic E-state index is 12.5. The van der Waals surface area contributed by atoms with Gasteiger partial charge in [0, 0.05) is 18.2 Å². The third kappa shape index (κ3) is 2.28. The van der Waals surface area contributed by atoms with Gasteiger partial charge in [0.1, 0.15) is 17.9 Å². The van der Waals surface area contributed by atoms with Crippen LogP contribution in [0, 0.1) is 6.92 Å². The lowest BCUT2D eigenvalue weighted by Crippen LogP contribution is -2.38. The molecule has 0 fully saturated rings. The zero-order valence-electron chi connectivity index (χ0n) is 12.8. The Hall–Kier alpha value is -2.57. The summed E-state index contributed by atoms with van der Waals surface area (Å²) in [5.41, 5.74) is 1.58. The summed E-state index contributed by atoms with van der Waals surface area (Å²) in [5.74, 6) is 0.408. The average Bonchev–Trinajstić information content (AvgIpc) is 3.04. The zero-order chi connectivity index (χ0) is 15.9. The lowest BCUT2D eigenvalue weighted by atomic mass is 10.2. The van der Waals surface area contributed by atoms with Gasteiger partial charge in [-0.1, -0.05) is 6.92 Å². The molecule has 0 aliphatic rings. The number of rotatable bonds is 4. The van der Waals surface area contributed by atoms with Crippen molar-refractivity contribution >= 4 is 22.5 Å². The van der Waals surface area contributed by atoms with E-state index in [4.69, 9.17) is 4.42 Å². The minimum atomic E-state index is -0.309. The van der Waals surface area contributed by atoms with Crippen LogP contribution in [0.4, 0.5) is 0 Å². The van der Waals surface area contributed by atoms with E-state index in [0.717, 1.165) is 11.9 Å². The summed E-state index contributed by atoms with van der Waals surface area (Å²) in [6.07, 6.45) is 2.41.